The van der Waals surface area contributed by atoms with Crippen LogP contribution in [0.2, 0.25) is 0 Å². The Morgan fingerprint density at radius 3 is 2.20 bits per heavy atom. The molecule has 3 heteroatoms. The fourth-order valence-electron chi connectivity index (χ4n) is 1.91. The summed E-state index contributed by atoms with van der Waals surface area (Å²) in [4.78, 5) is 0. The lowest BCUT2D eigenvalue weighted by molar-refractivity contribution is 0.247. The first-order valence-corrected chi connectivity index (χ1v) is 6.89. The van der Waals surface area contributed by atoms with Gasteiger partial charge in [-0.15, -0.1) is 0 Å². The van der Waals surface area contributed by atoms with Crippen LogP contribution in [0.4, 0.5) is 0 Å². The summed E-state index contributed by atoms with van der Waals surface area (Å²) in [6.45, 7) is 3.88. The SMILES string of the molecule is Cc1cccc(OCCCOc2cccc(CN)c2)c1. The molecule has 2 N–H and O–H groups in total. The van der Waals surface area contributed by atoms with E-state index >= 15 is 0 Å². The first-order chi connectivity index (χ1) is 9.78. The highest BCUT2D eigenvalue weighted by Crippen LogP contribution is 2.14. The molecule has 106 valence electrons. The summed E-state index contributed by atoms with van der Waals surface area (Å²) in [7, 11) is 0. The number of hydrogen-bond acceptors (Lipinski definition) is 3. The van der Waals surface area contributed by atoms with Crippen molar-refractivity contribution in [1.29, 1.82) is 0 Å². The van der Waals surface area contributed by atoms with E-state index in [0.29, 0.717) is 19.8 Å². The third kappa shape index (κ3) is 4.59. The summed E-state index contributed by atoms with van der Waals surface area (Å²) in [5, 5.41) is 0. The average Bonchev–Trinajstić information content (AvgIpc) is 2.47. The second kappa shape index (κ2) is 7.56. The molecule has 0 aromatic heterocycles. The molecule has 3 nitrogen and oxygen atoms in total. The second-order valence-electron chi connectivity index (χ2n) is 4.72. The van der Waals surface area contributed by atoms with E-state index in [0.717, 1.165) is 23.5 Å². The van der Waals surface area contributed by atoms with Crippen LogP contribution in [0.5, 0.6) is 11.5 Å². The highest BCUT2D eigenvalue weighted by Gasteiger charge is 1.97. The van der Waals surface area contributed by atoms with Gasteiger partial charge in [0.25, 0.3) is 0 Å². The molecule has 0 aliphatic carbocycles. The van der Waals surface area contributed by atoms with Crippen LogP contribution >= 0.6 is 0 Å². The number of ether oxygens (including phenoxy) is 2. The minimum absolute atomic E-state index is 0.535. The zero-order valence-electron chi connectivity index (χ0n) is 11.8. The first-order valence-electron chi connectivity index (χ1n) is 6.89. The quantitative estimate of drug-likeness (QED) is 0.786. The second-order valence-corrected chi connectivity index (χ2v) is 4.72. The van der Waals surface area contributed by atoms with Crippen LogP contribution in [0.1, 0.15) is 17.5 Å². The molecule has 0 spiro atoms. The molecule has 0 unspecified atom stereocenters. The molecule has 0 heterocycles. The average molecular weight is 271 g/mol. The maximum Gasteiger partial charge on any atom is 0.119 e. The monoisotopic (exact) mass is 271 g/mol. The van der Waals surface area contributed by atoms with Crippen molar-refractivity contribution in [3.05, 3.63) is 59.7 Å². The van der Waals surface area contributed by atoms with Crippen molar-refractivity contribution in [1.82, 2.24) is 0 Å². The Morgan fingerprint density at radius 2 is 1.55 bits per heavy atom. The van der Waals surface area contributed by atoms with E-state index in [1.807, 2.05) is 42.5 Å². The Bertz CT molecular complexity index is 540. The molecule has 0 radical (unpaired) electrons. The molecule has 2 aromatic carbocycles. The summed E-state index contributed by atoms with van der Waals surface area (Å²) in [6, 6.07) is 15.9. The molecule has 0 aliphatic rings. The summed E-state index contributed by atoms with van der Waals surface area (Å²) >= 11 is 0. The molecule has 0 saturated carbocycles. The van der Waals surface area contributed by atoms with Crippen molar-refractivity contribution in [2.24, 2.45) is 5.73 Å². The Labute approximate surface area is 120 Å². The maximum absolute atomic E-state index is 5.67. The van der Waals surface area contributed by atoms with Crippen molar-refractivity contribution in [2.45, 2.75) is 19.9 Å². The summed E-state index contributed by atoms with van der Waals surface area (Å²) in [5.41, 5.74) is 7.88. The van der Waals surface area contributed by atoms with Crippen LogP contribution in [-0.4, -0.2) is 13.2 Å². The van der Waals surface area contributed by atoms with Crippen LogP contribution in [0.25, 0.3) is 0 Å². The third-order valence-corrected chi connectivity index (χ3v) is 2.95. The van der Waals surface area contributed by atoms with Gasteiger partial charge in [-0.25, -0.2) is 0 Å². The Hall–Kier alpha value is -2.00. The molecule has 2 rings (SSSR count). The first kappa shape index (κ1) is 14.4. The Balaban J connectivity index is 1.68. The Morgan fingerprint density at radius 1 is 0.900 bits per heavy atom. The van der Waals surface area contributed by atoms with Crippen LogP contribution < -0.4 is 15.2 Å². The van der Waals surface area contributed by atoms with Crippen LogP contribution in [0.15, 0.2) is 48.5 Å². The number of nitrogens with two attached hydrogens (primary N) is 1. The highest BCUT2D eigenvalue weighted by atomic mass is 16.5. The molecule has 20 heavy (non-hydrogen) atoms. The molecule has 2 aromatic rings. The van der Waals surface area contributed by atoms with Crippen molar-refractivity contribution in [3.63, 3.8) is 0 Å². The third-order valence-electron chi connectivity index (χ3n) is 2.95. The minimum Gasteiger partial charge on any atom is -0.493 e. The normalized spacial score (nSPS) is 10.3. The number of benzene rings is 2. The van der Waals surface area contributed by atoms with E-state index in [-0.39, 0.29) is 0 Å². The van der Waals surface area contributed by atoms with E-state index in [1.54, 1.807) is 0 Å². The summed E-state index contributed by atoms with van der Waals surface area (Å²) < 4.78 is 11.3. The highest BCUT2D eigenvalue weighted by molar-refractivity contribution is 5.28. The van der Waals surface area contributed by atoms with Crippen LogP contribution in [0.3, 0.4) is 0 Å². The van der Waals surface area contributed by atoms with Gasteiger partial charge in [0.05, 0.1) is 13.2 Å². The number of rotatable bonds is 7. The fraction of sp³-hybridized carbons (Fsp3) is 0.294. The van der Waals surface area contributed by atoms with Gasteiger partial charge in [0, 0.05) is 13.0 Å². The van der Waals surface area contributed by atoms with E-state index in [1.165, 1.54) is 5.56 Å². The van der Waals surface area contributed by atoms with Gasteiger partial charge in [-0.3, -0.25) is 0 Å². The van der Waals surface area contributed by atoms with Crippen molar-refractivity contribution in [2.75, 3.05) is 13.2 Å². The van der Waals surface area contributed by atoms with Gasteiger partial charge < -0.3 is 15.2 Å². The van der Waals surface area contributed by atoms with Gasteiger partial charge in [0.1, 0.15) is 11.5 Å². The minimum atomic E-state index is 0.535. The molecule has 0 amide bonds. The van der Waals surface area contributed by atoms with E-state index in [4.69, 9.17) is 15.2 Å². The smallest absolute Gasteiger partial charge is 0.119 e. The zero-order valence-corrected chi connectivity index (χ0v) is 11.8. The molecule has 0 aliphatic heterocycles. The van der Waals surface area contributed by atoms with Gasteiger partial charge in [0.15, 0.2) is 0 Å². The molecule has 0 atom stereocenters. The largest absolute Gasteiger partial charge is 0.493 e. The Kier molecular flexibility index (Phi) is 5.44. The fourth-order valence-corrected chi connectivity index (χ4v) is 1.91. The van der Waals surface area contributed by atoms with Gasteiger partial charge in [0.2, 0.25) is 0 Å². The topological polar surface area (TPSA) is 44.5 Å². The number of aryl methyl sites for hydroxylation is 1. The standard InChI is InChI=1S/C17H21NO2/c1-14-5-2-7-16(11-14)19-9-4-10-20-17-8-3-6-15(12-17)13-18/h2-3,5-8,11-12H,4,9-10,13,18H2,1H3. The maximum atomic E-state index is 5.67. The lowest BCUT2D eigenvalue weighted by Gasteiger charge is -2.09. The number of hydrogen-bond donors (Lipinski definition) is 1. The predicted molar refractivity (Wildman–Crippen MR) is 81.1 cm³/mol. The molecular formula is C17H21NO2. The molecule has 0 fully saturated rings. The predicted octanol–water partition coefficient (Wildman–Crippen LogP) is 3.30. The van der Waals surface area contributed by atoms with Crippen LogP contribution in [0, 0.1) is 6.92 Å². The van der Waals surface area contributed by atoms with Crippen LogP contribution in [-0.2, 0) is 6.54 Å². The zero-order chi connectivity index (χ0) is 14.2. The molecule has 0 bridgehead atoms. The van der Waals surface area contributed by atoms with Crippen molar-refractivity contribution in [3.8, 4) is 11.5 Å². The molecule has 0 saturated heterocycles. The van der Waals surface area contributed by atoms with E-state index in [2.05, 4.69) is 13.0 Å². The van der Waals surface area contributed by atoms with E-state index in [9.17, 15) is 0 Å². The lowest BCUT2D eigenvalue weighted by atomic mass is 10.2. The van der Waals surface area contributed by atoms with Crippen molar-refractivity contribution < 1.29 is 9.47 Å². The lowest BCUT2D eigenvalue weighted by Crippen LogP contribution is -2.05. The van der Waals surface area contributed by atoms with Gasteiger partial charge in [-0.05, 0) is 42.3 Å². The van der Waals surface area contributed by atoms with E-state index < -0.39 is 0 Å². The molecular weight excluding hydrogens is 250 g/mol. The van der Waals surface area contributed by atoms with Crippen molar-refractivity contribution >= 4 is 0 Å². The van der Waals surface area contributed by atoms with Gasteiger partial charge >= 0.3 is 0 Å². The summed E-state index contributed by atoms with van der Waals surface area (Å²) in [5.74, 6) is 1.78. The van der Waals surface area contributed by atoms with Gasteiger partial charge in [-0.2, -0.15) is 0 Å². The van der Waals surface area contributed by atoms with Gasteiger partial charge in [-0.1, -0.05) is 24.3 Å². The summed E-state index contributed by atoms with van der Waals surface area (Å²) in [6.07, 6.45) is 0.848.